The van der Waals surface area contributed by atoms with Gasteiger partial charge in [0.15, 0.2) is 11.8 Å². The number of amides is 1. The van der Waals surface area contributed by atoms with Crippen LogP contribution in [-0.2, 0) is 9.53 Å². The zero-order valence-corrected chi connectivity index (χ0v) is 11.6. The van der Waals surface area contributed by atoms with Crippen LogP contribution in [0.2, 0.25) is 0 Å². The van der Waals surface area contributed by atoms with Gasteiger partial charge in [0, 0.05) is 19.2 Å². The third-order valence-corrected chi connectivity index (χ3v) is 4.34. The molecule has 1 N–H and O–H groups in total. The van der Waals surface area contributed by atoms with E-state index >= 15 is 0 Å². The van der Waals surface area contributed by atoms with Crippen molar-refractivity contribution in [2.24, 2.45) is 5.92 Å². The number of carboxylic acid groups (broad SMARTS) is 1. The summed E-state index contributed by atoms with van der Waals surface area (Å²) < 4.78 is 10.3. The van der Waals surface area contributed by atoms with Crippen molar-refractivity contribution in [3.8, 4) is 0 Å². The van der Waals surface area contributed by atoms with Gasteiger partial charge >= 0.3 is 5.97 Å². The van der Waals surface area contributed by atoms with Crippen molar-refractivity contribution in [3.05, 3.63) is 18.0 Å². The summed E-state index contributed by atoms with van der Waals surface area (Å²) in [7, 11) is 0. The minimum absolute atomic E-state index is 0.00963. The van der Waals surface area contributed by atoms with Crippen LogP contribution in [0.5, 0.6) is 0 Å². The molecule has 2 aliphatic rings. The molecule has 0 bridgehead atoms. The van der Waals surface area contributed by atoms with E-state index in [0.29, 0.717) is 31.1 Å². The summed E-state index contributed by atoms with van der Waals surface area (Å²) in [6.07, 6.45) is 3.77. The van der Waals surface area contributed by atoms with Crippen molar-refractivity contribution >= 4 is 11.9 Å². The smallest absolute Gasteiger partial charge is 0.332 e. The maximum absolute atomic E-state index is 12.1. The summed E-state index contributed by atoms with van der Waals surface area (Å²) in [5, 5.41) is 12.6. The van der Waals surface area contributed by atoms with E-state index in [1.165, 1.54) is 6.26 Å². The van der Waals surface area contributed by atoms with Gasteiger partial charge in [-0.2, -0.15) is 0 Å². The summed E-state index contributed by atoms with van der Waals surface area (Å²) >= 11 is 0. The number of ether oxygens (including phenoxy) is 1. The van der Waals surface area contributed by atoms with Crippen LogP contribution in [0.25, 0.3) is 0 Å². The molecular formula is C14H18N2O5. The number of aliphatic carboxylic acids is 1. The molecule has 2 aliphatic heterocycles. The fourth-order valence-corrected chi connectivity index (χ4v) is 3.15. The fraction of sp³-hybridized carbons (Fsp3) is 0.643. The fourth-order valence-electron chi connectivity index (χ4n) is 3.15. The van der Waals surface area contributed by atoms with Gasteiger partial charge in [-0.1, -0.05) is 5.16 Å². The Hall–Kier alpha value is -1.89. The molecule has 3 heterocycles. The maximum atomic E-state index is 12.1. The largest absolute Gasteiger partial charge is 0.479 e. The standard InChI is InChI=1S/C14H18N2O5/c17-13(10-5-8-20-15-10)16-6-3-9(4-7-16)11-1-2-12(21-11)14(18)19/h5,8-9,11-12H,1-4,6-7H2,(H,18,19)/t11-,12+/m0/s1. The highest BCUT2D eigenvalue weighted by atomic mass is 16.5. The topological polar surface area (TPSA) is 92.9 Å². The number of likely N-dealkylation sites (tertiary alicyclic amines) is 1. The molecule has 0 saturated carbocycles. The van der Waals surface area contributed by atoms with Gasteiger partial charge in [0.1, 0.15) is 6.26 Å². The Balaban J connectivity index is 1.52. The van der Waals surface area contributed by atoms with E-state index in [4.69, 9.17) is 9.84 Å². The van der Waals surface area contributed by atoms with Gasteiger partial charge in [0.25, 0.3) is 5.91 Å². The first kappa shape index (κ1) is 14.1. The number of rotatable bonds is 3. The Morgan fingerprint density at radius 1 is 1.24 bits per heavy atom. The van der Waals surface area contributed by atoms with Gasteiger partial charge in [-0.3, -0.25) is 4.79 Å². The number of hydrogen-bond acceptors (Lipinski definition) is 5. The highest BCUT2D eigenvalue weighted by Crippen LogP contribution is 2.32. The molecule has 2 saturated heterocycles. The Labute approximate surface area is 121 Å². The molecule has 7 nitrogen and oxygen atoms in total. The van der Waals surface area contributed by atoms with E-state index in [9.17, 15) is 9.59 Å². The van der Waals surface area contributed by atoms with Gasteiger partial charge in [-0.05, 0) is 31.6 Å². The second-order valence-corrected chi connectivity index (χ2v) is 5.59. The summed E-state index contributed by atoms with van der Waals surface area (Å²) in [6, 6.07) is 1.56. The first-order valence-corrected chi connectivity index (χ1v) is 7.23. The average molecular weight is 294 g/mol. The van der Waals surface area contributed by atoms with Crippen molar-refractivity contribution in [2.75, 3.05) is 13.1 Å². The molecule has 0 unspecified atom stereocenters. The summed E-state index contributed by atoms with van der Waals surface area (Å²) in [4.78, 5) is 24.8. The van der Waals surface area contributed by atoms with E-state index in [1.54, 1.807) is 11.0 Å². The molecule has 7 heteroatoms. The first-order chi connectivity index (χ1) is 10.1. The van der Waals surface area contributed by atoms with Crippen molar-refractivity contribution in [3.63, 3.8) is 0 Å². The lowest BCUT2D eigenvalue weighted by atomic mass is 9.89. The molecule has 0 radical (unpaired) electrons. The molecule has 3 rings (SSSR count). The summed E-state index contributed by atoms with van der Waals surface area (Å²) in [6.45, 7) is 1.29. The molecule has 0 aliphatic carbocycles. The van der Waals surface area contributed by atoms with Gasteiger partial charge < -0.3 is 19.3 Å². The van der Waals surface area contributed by atoms with Gasteiger partial charge in [0.05, 0.1) is 6.10 Å². The van der Waals surface area contributed by atoms with E-state index < -0.39 is 12.1 Å². The molecule has 114 valence electrons. The zero-order chi connectivity index (χ0) is 14.8. The van der Waals surface area contributed by atoms with Crippen LogP contribution < -0.4 is 0 Å². The third kappa shape index (κ3) is 2.92. The minimum Gasteiger partial charge on any atom is -0.479 e. The highest BCUT2D eigenvalue weighted by Gasteiger charge is 2.37. The van der Waals surface area contributed by atoms with Crippen molar-refractivity contribution < 1.29 is 24.0 Å². The van der Waals surface area contributed by atoms with Crippen molar-refractivity contribution in [1.82, 2.24) is 10.1 Å². The monoisotopic (exact) mass is 294 g/mol. The van der Waals surface area contributed by atoms with Crippen LogP contribution in [0.4, 0.5) is 0 Å². The van der Waals surface area contributed by atoms with Crippen LogP contribution in [0.15, 0.2) is 16.9 Å². The predicted molar refractivity (Wildman–Crippen MR) is 70.7 cm³/mol. The number of carbonyl (C=O) groups is 2. The van der Waals surface area contributed by atoms with Crippen LogP contribution in [0, 0.1) is 5.92 Å². The average Bonchev–Trinajstić information content (AvgIpc) is 3.18. The molecule has 1 aromatic rings. The summed E-state index contributed by atoms with van der Waals surface area (Å²) in [5.41, 5.74) is 0.330. The molecule has 2 fully saturated rings. The quantitative estimate of drug-likeness (QED) is 0.899. The third-order valence-electron chi connectivity index (χ3n) is 4.34. The van der Waals surface area contributed by atoms with Crippen LogP contribution in [0.3, 0.4) is 0 Å². The molecule has 0 spiro atoms. The van der Waals surface area contributed by atoms with E-state index in [1.807, 2.05) is 0 Å². The Morgan fingerprint density at radius 3 is 2.57 bits per heavy atom. The maximum Gasteiger partial charge on any atom is 0.332 e. The van der Waals surface area contributed by atoms with Crippen LogP contribution in [0.1, 0.15) is 36.2 Å². The molecular weight excluding hydrogens is 276 g/mol. The lowest BCUT2D eigenvalue weighted by Gasteiger charge is -2.34. The second kappa shape index (κ2) is 5.85. The van der Waals surface area contributed by atoms with Crippen molar-refractivity contribution in [1.29, 1.82) is 0 Å². The molecule has 2 atom stereocenters. The van der Waals surface area contributed by atoms with Crippen LogP contribution in [-0.4, -0.2) is 52.3 Å². The lowest BCUT2D eigenvalue weighted by molar-refractivity contribution is -0.150. The highest BCUT2D eigenvalue weighted by molar-refractivity contribution is 5.92. The minimum atomic E-state index is -0.879. The van der Waals surface area contributed by atoms with Gasteiger partial charge in [0.2, 0.25) is 0 Å². The lowest BCUT2D eigenvalue weighted by Crippen LogP contribution is -2.41. The number of carbonyl (C=O) groups excluding carboxylic acids is 1. The first-order valence-electron chi connectivity index (χ1n) is 7.23. The normalized spacial score (nSPS) is 27.0. The van der Waals surface area contributed by atoms with Gasteiger partial charge in [-0.25, -0.2) is 4.79 Å². The Morgan fingerprint density at radius 2 is 2.00 bits per heavy atom. The summed E-state index contributed by atoms with van der Waals surface area (Å²) in [5.74, 6) is -0.662. The number of hydrogen-bond donors (Lipinski definition) is 1. The number of carboxylic acids is 1. The SMILES string of the molecule is O=C(O)[C@H]1CC[C@@H](C2CCN(C(=O)c3ccon3)CC2)O1. The van der Waals surface area contributed by atoms with E-state index in [-0.39, 0.29) is 12.0 Å². The zero-order valence-electron chi connectivity index (χ0n) is 11.6. The predicted octanol–water partition coefficient (Wildman–Crippen LogP) is 1.16. The van der Waals surface area contributed by atoms with Gasteiger partial charge in [-0.15, -0.1) is 0 Å². The molecule has 1 amide bonds. The number of piperidine rings is 1. The molecule has 21 heavy (non-hydrogen) atoms. The van der Waals surface area contributed by atoms with Crippen LogP contribution >= 0.6 is 0 Å². The Kier molecular flexibility index (Phi) is 3.92. The van der Waals surface area contributed by atoms with Crippen molar-refractivity contribution in [2.45, 2.75) is 37.9 Å². The second-order valence-electron chi connectivity index (χ2n) is 5.59. The Bertz CT molecular complexity index is 507. The van der Waals surface area contributed by atoms with E-state index in [2.05, 4.69) is 9.68 Å². The number of nitrogens with zero attached hydrogens (tertiary/aromatic N) is 2. The van der Waals surface area contributed by atoms with E-state index in [0.717, 1.165) is 19.3 Å². The number of aromatic nitrogens is 1. The molecule has 0 aromatic carbocycles. The molecule has 1 aromatic heterocycles.